The summed E-state index contributed by atoms with van der Waals surface area (Å²) in [5.74, 6) is 0.590. The van der Waals surface area contributed by atoms with Gasteiger partial charge in [0.15, 0.2) is 5.65 Å². The van der Waals surface area contributed by atoms with Gasteiger partial charge in [-0.3, -0.25) is 4.68 Å². The molecule has 2 aromatic heterocycles. The van der Waals surface area contributed by atoms with Crippen LogP contribution in [-0.2, 0) is 18.3 Å². The van der Waals surface area contributed by atoms with Gasteiger partial charge >= 0.3 is 0 Å². The van der Waals surface area contributed by atoms with Crippen LogP contribution in [0.4, 0.5) is 0 Å². The third kappa shape index (κ3) is 3.40. The first-order chi connectivity index (χ1) is 10.9. The predicted molar refractivity (Wildman–Crippen MR) is 92.3 cm³/mol. The lowest BCUT2D eigenvalue weighted by Gasteiger charge is -2.31. The maximum atomic E-state index is 5.95. The smallest absolute Gasteiger partial charge is 0.157 e. The minimum atomic E-state index is 0.204. The SMILES string of the molecule is Cc1nn(C)c2ncc(CNC[C@H]3CCO[C@@H]3C(C)(C)C)cc12. The van der Waals surface area contributed by atoms with Gasteiger partial charge in [0.25, 0.3) is 0 Å². The molecule has 0 aromatic carbocycles. The fraction of sp³-hybridized carbons (Fsp3) is 0.667. The summed E-state index contributed by atoms with van der Waals surface area (Å²) in [5.41, 5.74) is 3.40. The van der Waals surface area contributed by atoms with Crippen molar-refractivity contribution in [2.75, 3.05) is 13.2 Å². The number of rotatable bonds is 4. The van der Waals surface area contributed by atoms with Gasteiger partial charge in [0.1, 0.15) is 0 Å². The Morgan fingerprint density at radius 2 is 2.17 bits per heavy atom. The first kappa shape index (κ1) is 16.4. The molecule has 1 fully saturated rings. The van der Waals surface area contributed by atoms with Gasteiger partial charge in [-0.1, -0.05) is 20.8 Å². The minimum absolute atomic E-state index is 0.204. The topological polar surface area (TPSA) is 52.0 Å². The van der Waals surface area contributed by atoms with Crippen LogP contribution in [-0.4, -0.2) is 34.0 Å². The van der Waals surface area contributed by atoms with Crippen molar-refractivity contribution < 1.29 is 4.74 Å². The largest absolute Gasteiger partial charge is 0.377 e. The molecule has 0 aliphatic carbocycles. The number of aryl methyl sites for hydroxylation is 2. The van der Waals surface area contributed by atoms with Gasteiger partial charge < -0.3 is 10.1 Å². The molecule has 126 valence electrons. The third-order valence-corrected chi connectivity index (χ3v) is 4.72. The van der Waals surface area contributed by atoms with Gasteiger partial charge in [-0.15, -0.1) is 0 Å². The molecule has 23 heavy (non-hydrogen) atoms. The van der Waals surface area contributed by atoms with E-state index in [0.717, 1.165) is 42.8 Å². The Morgan fingerprint density at radius 3 is 2.91 bits per heavy atom. The van der Waals surface area contributed by atoms with E-state index in [9.17, 15) is 0 Å². The summed E-state index contributed by atoms with van der Waals surface area (Å²) < 4.78 is 7.78. The van der Waals surface area contributed by atoms with Crippen molar-refractivity contribution in [3.05, 3.63) is 23.5 Å². The lowest BCUT2D eigenvalue weighted by atomic mass is 9.81. The summed E-state index contributed by atoms with van der Waals surface area (Å²) in [5, 5.41) is 9.16. The first-order valence-corrected chi connectivity index (χ1v) is 8.47. The van der Waals surface area contributed by atoms with Crippen molar-refractivity contribution in [3.63, 3.8) is 0 Å². The van der Waals surface area contributed by atoms with Crippen LogP contribution in [0.2, 0.25) is 0 Å². The van der Waals surface area contributed by atoms with Crippen LogP contribution in [0.15, 0.2) is 12.3 Å². The van der Waals surface area contributed by atoms with E-state index >= 15 is 0 Å². The van der Waals surface area contributed by atoms with E-state index in [1.807, 2.05) is 24.9 Å². The van der Waals surface area contributed by atoms with Crippen LogP contribution in [0.5, 0.6) is 0 Å². The van der Waals surface area contributed by atoms with E-state index in [4.69, 9.17) is 4.74 Å². The van der Waals surface area contributed by atoms with E-state index in [1.165, 1.54) is 5.56 Å². The summed E-state index contributed by atoms with van der Waals surface area (Å²) >= 11 is 0. The van der Waals surface area contributed by atoms with Gasteiger partial charge in [0, 0.05) is 44.2 Å². The van der Waals surface area contributed by atoms with Crippen molar-refractivity contribution in [1.82, 2.24) is 20.1 Å². The molecule has 1 N–H and O–H groups in total. The highest BCUT2D eigenvalue weighted by atomic mass is 16.5. The summed E-state index contributed by atoms with van der Waals surface area (Å²) in [6.45, 7) is 11.5. The number of nitrogens with one attached hydrogen (secondary N) is 1. The van der Waals surface area contributed by atoms with E-state index in [2.05, 4.69) is 42.2 Å². The van der Waals surface area contributed by atoms with Crippen molar-refractivity contribution in [2.45, 2.75) is 46.8 Å². The first-order valence-electron chi connectivity index (χ1n) is 8.47. The average molecular weight is 316 g/mol. The molecule has 2 aromatic rings. The molecule has 2 atom stereocenters. The van der Waals surface area contributed by atoms with Crippen molar-refractivity contribution in [1.29, 1.82) is 0 Å². The van der Waals surface area contributed by atoms with Crippen molar-refractivity contribution in [3.8, 4) is 0 Å². The van der Waals surface area contributed by atoms with Gasteiger partial charge in [-0.25, -0.2) is 4.98 Å². The molecule has 0 spiro atoms. The minimum Gasteiger partial charge on any atom is -0.377 e. The van der Waals surface area contributed by atoms with Crippen LogP contribution < -0.4 is 5.32 Å². The molecular formula is C18H28N4O. The maximum Gasteiger partial charge on any atom is 0.157 e. The second-order valence-corrected chi connectivity index (χ2v) is 7.76. The van der Waals surface area contributed by atoms with Crippen LogP contribution in [0.25, 0.3) is 11.0 Å². The van der Waals surface area contributed by atoms with Crippen molar-refractivity contribution in [2.24, 2.45) is 18.4 Å². The molecule has 0 unspecified atom stereocenters. The van der Waals surface area contributed by atoms with E-state index in [0.29, 0.717) is 12.0 Å². The molecular weight excluding hydrogens is 288 g/mol. The fourth-order valence-electron chi connectivity index (χ4n) is 3.65. The lowest BCUT2D eigenvalue weighted by molar-refractivity contribution is 0.00721. The Bertz CT molecular complexity index is 686. The normalized spacial score (nSPS) is 22.1. The van der Waals surface area contributed by atoms with Gasteiger partial charge in [-0.05, 0) is 30.4 Å². The molecule has 0 saturated carbocycles. The quantitative estimate of drug-likeness (QED) is 0.942. The Labute approximate surface area is 138 Å². The highest BCUT2D eigenvalue weighted by molar-refractivity contribution is 5.78. The lowest BCUT2D eigenvalue weighted by Crippen LogP contribution is -2.36. The highest BCUT2D eigenvalue weighted by Crippen LogP contribution is 2.34. The maximum absolute atomic E-state index is 5.95. The van der Waals surface area contributed by atoms with Gasteiger partial charge in [-0.2, -0.15) is 5.10 Å². The number of ether oxygens (including phenoxy) is 1. The molecule has 1 aliphatic rings. The zero-order valence-electron chi connectivity index (χ0n) is 14.9. The third-order valence-electron chi connectivity index (χ3n) is 4.72. The second kappa shape index (κ2) is 6.21. The number of aromatic nitrogens is 3. The average Bonchev–Trinajstić information content (AvgIpc) is 3.05. The second-order valence-electron chi connectivity index (χ2n) is 7.76. The molecule has 0 bridgehead atoms. The fourth-order valence-corrected chi connectivity index (χ4v) is 3.65. The number of fused-ring (bicyclic) bond motifs is 1. The molecule has 3 rings (SSSR count). The zero-order chi connectivity index (χ0) is 16.6. The van der Waals surface area contributed by atoms with Crippen LogP contribution in [0, 0.1) is 18.3 Å². The van der Waals surface area contributed by atoms with Crippen molar-refractivity contribution >= 4 is 11.0 Å². The number of hydrogen-bond donors (Lipinski definition) is 1. The molecule has 5 heteroatoms. The van der Waals surface area contributed by atoms with Gasteiger partial charge in [0.05, 0.1) is 11.8 Å². The van der Waals surface area contributed by atoms with E-state index in [-0.39, 0.29) is 5.41 Å². The Kier molecular flexibility index (Phi) is 4.43. The summed E-state index contributed by atoms with van der Waals surface area (Å²) in [4.78, 5) is 4.54. The zero-order valence-corrected chi connectivity index (χ0v) is 14.9. The predicted octanol–water partition coefficient (Wildman–Crippen LogP) is 2.82. The monoisotopic (exact) mass is 316 g/mol. The Morgan fingerprint density at radius 1 is 1.39 bits per heavy atom. The molecule has 5 nitrogen and oxygen atoms in total. The highest BCUT2D eigenvalue weighted by Gasteiger charge is 2.36. The number of pyridine rings is 1. The molecule has 0 amide bonds. The van der Waals surface area contributed by atoms with E-state index in [1.54, 1.807) is 0 Å². The molecule has 1 aliphatic heterocycles. The van der Waals surface area contributed by atoms with Crippen LogP contribution in [0.1, 0.15) is 38.4 Å². The summed E-state index contributed by atoms with van der Waals surface area (Å²) in [7, 11) is 1.94. The van der Waals surface area contributed by atoms with Crippen LogP contribution in [0.3, 0.4) is 0 Å². The molecule has 0 radical (unpaired) electrons. The summed E-state index contributed by atoms with van der Waals surface area (Å²) in [6, 6.07) is 2.20. The van der Waals surface area contributed by atoms with Gasteiger partial charge in [0.2, 0.25) is 0 Å². The Balaban J connectivity index is 1.62. The number of nitrogens with zero attached hydrogens (tertiary/aromatic N) is 3. The summed E-state index contributed by atoms with van der Waals surface area (Å²) in [6.07, 6.45) is 3.44. The molecule has 1 saturated heterocycles. The van der Waals surface area contributed by atoms with Crippen LogP contribution >= 0.6 is 0 Å². The Hall–Kier alpha value is -1.46. The standard InChI is InChI=1S/C18H28N4O/c1-12-15-8-13(10-20-17(15)22(5)21-12)9-19-11-14-6-7-23-16(14)18(2,3)4/h8,10,14,16,19H,6-7,9,11H2,1-5H3/t14-,16+/m1/s1. The number of hydrogen-bond acceptors (Lipinski definition) is 4. The molecule has 3 heterocycles. The van der Waals surface area contributed by atoms with E-state index < -0.39 is 0 Å².